The van der Waals surface area contributed by atoms with E-state index in [0.29, 0.717) is 23.9 Å². The second-order valence-electron chi connectivity index (χ2n) is 8.64. The van der Waals surface area contributed by atoms with Crippen molar-refractivity contribution in [1.82, 2.24) is 14.7 Å². The largest absolute Gasteiger partial charge is 0.345 e. The summed E-state index contributed by atoms with van der Waals surface area (Å²) in [4.78, 5) is 20.0. The van der Waals surface area contributed by atoms with E-state index in [1.807, 2.05) is 11.9 Å². The molecule has 0 bridgehead atoms. The van der Waals surface area contributed by atoms with Gasteiger partial charge >= 0.3 is 0 Å². The van der Waals surface area contributed by atoms with Crippen LogP contribution in [0.1, 0.15) is 59.8 Å². The van der Waals surface area contributed by atoms with Gasteiger partial charge in [0.05, 0.1) is 5.92 Å². The van der Waals surface area contributed by atoms with E-state index in [1.165, 1.54) is 38.9 Å². The molecule has 2 aliphatic rings. The summed E-state index contributed by atoms with van der Waals surface area (Å²) in [5.41, 5.74) is 0. The topological polar surface area (TPSA) is 26.8 Å². The summed E-state index contributed by atoms with van der Waals surface area (Å²) in [5.74, 6) is 1.26. The summed E-state index contributed by atoms with van der Waals surface area (Å²) in [6.45, 7) is 14.5. The van der Waals surface area contributed by atoms with E-state index in [-0.39, 0.29) is 5.92 Å². The number of rotatable bonds is 6. The van der Waals surface area contributed by atoms with E-state index in [4.69, 9.17) is 0 Å². The summed E-state index contributed by atoms with van der Waals surface area (Å²) in [6, 6.07) is 1.35. The lowest BCUT2D eigenvalue weighted by molar-refractivity contribution is -0.136. The molecule has 1 amide bonds. The lowest BCUT2D eigenvalue weighted by Crippen LogP contribution is -2.51. The molecular weight excluding hydrogens is 298 g/mol. The molecule has 2 aliphatic heterocycles. The van der Waals surface area contributed by atoms with Gasteiger partial charge in [-0.05, 0) is 71.5 Å². The molecule has 0 saturated carbocycles. The molecule has 2 rings (SSSR count). The molecule has 0 aliphatic carbocycles. The fourth-order valence-corrected chi connectivity index (χ4v) is 4.18. The lowest BCUT2D eigenvalue weighted by Gasteiger charge is -2.43. The minimum absolute atomic E-state index is 0.221. The van der Waals surface area contributed by atoms with E-state index < -0.39 is 0 Å². The zero-order chi connectivity index (χ0) is 17.7. The number of carbonyl (C=O) groups excluding carboxylic acids is 1. The highest BCUT2D eigenvalue weighted by atomic mass is 16.2. The monoisotopic (exact) mass is 337 g/mol. The molecule has 0 aromatic carbocycles. The van der Waals surface area contributed by atoms with Crippen LogP contribution in [0.4, 0.5) is 0 Å². The normalized spacial score (nSPS) is 24.7. The second-order valence-corrected chi connectivity index (χ2v) is 8.64. The summed E-state index contributed by atoms with van der Waals surface area (Å²) in [6.07, 6.45) is 5.89. The summed E-state index contributed by atoms with van der Waals surface area (Å²) < 4.78 is 0. The summed E-state index contributed by atoms with van der Waals surface area (Å²) in [5, 5.41) is 0. The van der Waals surface area contributed by atoms with Crippen molar-refractivity contribution < 1.29 is 4.79 Å². The Bertz CT molecular complexity index is 388. The molecule has 24 heavy (non-hydrogen) atoms. The highest BCUT2D eigenvalue weighted by molar-refractivity contribution is 5.78. The van der Waals surface area contributed by atoms with Gasteiger partial charge in [0.1, 0.15) is 0 Å². The van der Waals surface area contributed by atoms with Crippen LogP contribution in [0, 0.1) is 11.8 Å². The van der Waals surface area contributed by atoms with Gasteiger partial charge in [0, 0.05) is 32.2 Å². The van der Waals surface area contributed by atoms with E-state index in [1.54, 1.807) is 0 Å². The first-order valence-electron chi connectivity index (χ1n) is 10.1. The maximum Gasteiger partial charge on any atom is 0.226 e. The molecule has 2 fully saturated rings. The molecule has 0 aromatic heterocycles. The predicted octanol–water partition coefficient (Wildman–Crippen LogP) is 3.08. The van der Waals surface area contributed by atoms with Crippen LogP contribution in [-0.2, 0) is 4.79 Å². The zero-order valence-corrected chi connectivity index (χ0v) is 16.6. The van der Waals surface area contributed by atoms with Crippen LogP contribution in [0.25, 0.3) is 0 Å². The van der Waals surface area contributed by atoms with Gasteiger partial charge in [-0.15, -0.1) is 0 Å². The standard InChI is InChI=1S/C20H39N3O/c1-16(2)8-12-21(5)20(24)18-7-6-11-23(15-18)19-9-13-22(14-10-19)17(3)4/h16-19H,6-15H2,1-5H3/t18-/m0/s1. The van der Waals surface area contributed by atoms with Crippen molar-refractivity contribution in [1.29, 1.82) is 0 Å². The second kappa shape index (κ2) is 9.19. The fourth-order valence-electron chi connectivity index (χ4n) is 4.18. The molecule has 1 atom stereocenters. The number of hydrogen-bond donors (Lipinski definition) is 0. The van der Waals surface area contributed by atoms with E-state index in [0.717, 1.165) is 25.9 Å². The SMILES string of the molecule is CC(C)CCN(C)C(=O)[C@H]1CCCN(C2CCN(C(C)C)CC2)C1. The van der Waals surface area contributed by atoms with Crippen LogP contribution in [0.2, 0.25) is 0 Å². The zero-order valence-electron chi connectivity index (χ0n) is 16.6. The van der Waals surface area contributed by atoms with Crippen molar-refractivity contribution in [3.05, 3.63) is 0 Å². The van der Waals surface area contributed by atoms with Crippen molar-refractivity contribution in [2.24, 2.45) is 11.8 Å². The summed E-state index contributed by atoms with van der Waals surface area (Å²) in [7, 11) is 1.99. The molecule has 0 N–H and O–H groups in total. The third-order valence-electron chi connectivity index (χ3n) is 5.97. The van der Waals surface area contributed by atoms with Crippen LogP contribution in [0.15, 0.2) is 0 Å². The number of nitrogens with zero attached hydrogens (tertiary/aromatic N) is 3. The van der Waals surface area contributed by atoms with Crippen molar-refractivity contribution in [3.8, 4) is 0 Å². The summed E-state index contributed by atoms with van der Waals surface area (Å²) >= 11 is 0. The van der Waals surface area contributed by atoms with Gasteiger partial charge in [-0.25, -0.2) is 0 Å². The third-order valence-corrected chi connectivity index (χ3v) is 5.97. The highest BCUT2D eigenvalue weighted by Crippen LogP contribution is 2.25. The number of piperidine rings is 2. The van der Waals surface area contributed by atoms with Crippen LogP contribution >= 0.6 is 0 Å². The van der Waals surface area contributed by atoms with Gasteiger partial charge < -0.3 is 9.80 Å². The molecule has 4 nitrogen and oxygen atoms in total. The van der Waals surface area contributed by atoms with Crippen LogP contribution in [-0.4, -0.2) is 72.5 Å². The first-order chi connectivity index (χ1) is 11.4. The molecule has 0 unspecified atom stereocenters. The maximum atomic E-state index is 12.8. The van der Waals surface area contributed by atoms with Gasteiger partial charge in [-0.1, -0.05) is 13.8 Å². The molecule has 0 radical (unpaired) electrons. The Morgan fingerprint density at radius 1 is 1.08 bits per heavy atom. The fraction of sp³-hybridized carbons (Fsp3) is 0.950. The van der Waals surface area contributed by atoms with E-state index >= 15 is 0 Å². The average molecular weight is 338 g/mol. The van der Waals surface area contributed by atoms with Crippen molar-refractivity contribution >= 4 is 5.91 Å². The molecular formula is C20H39N3O. The highest BCUT2D eigenvalue weighted by Gasteiger charge is 2.33. The predicted molar refractivity (Wildman–Crippen MR) is 101 cm³/mol. The Hall–Kier alpha value is -0.610. The van der Waals surface area contributed by atoms with Gasteiger partial charge in [-0.2, -0.15) is 0 Å². The van der Waals surface area contributed by atoms with Gasteiger partial charge in [0.25, 0.3) is 0 Å². The van der Waals surface area contributed by atoms with Crippen molar-refractivity contribution in [3.63, 3.8) is 0 Å². The Morgan fingerprint density at radius 2 is 1.75 bits per heavy atom. The molecule has 2 saturated heterocycles. The minimum atomic E-state index is 0.221. The average Bonchev–Trinajstić information content (AvgIpc) is 2.59. The number of hydrogen-bond acceptors (Lipinski definition) is 3. The molecule has 2 heterocycles. The maximum absolute atomic E-state index is 12.8. The number of carbonyl (C=O) groups is 1. The smallest absolute Gasteiger partial charge is 0.226 e. The third kappa shape index (κ3) is 5.45. The lowest BCUT2D eigenvalue weighted by atomic mass is 9.92. The minimum Gasteiger partial charge on any atom is -0.345 e. The van der Waals surface area contributed by atoms with Crippen LogP contribution < -0.4 is 0 Å². The van der Waals surface area contributed by atoms with E-state index in [9.17, 15) is 4.79 Å². The Kier molecular flexibility index (Phi) is 7.55. The van der Waals surface area contributed by atoms with Crippen LogP contribution in [0.3, 0.4) is 0 Å². The van der Waals surface area contributed by atoms with E-state index in [2.05, 4.69) is 37.5 Å². The van der Waals surface area contributed by atoms with Crippen molar-refractivity contribution in [2.45, 2.75) is 71.9 Å². The Labute approximate surface area is 149 Å². The number of amides is 1. The van der Waals surface area contributed by atoms with Crippen LogP contribution in [0.5, 0.6) is 0 Å². The molecule has 4 heteroatoms. The van der Waals surface area contributed by atoms with Gasteiger partial charge in [-0.3, -0.25) is 9.69 Å². The molecule has 0 spiro atoms. The van der Waals surface area contributed by atoms with Gasteiger partial charge in [0.15, 0.2) is 0 Å². The molecule has 140 valence electrons. The Balaban J connectivity index is 1.82. The quantitative estimate of drug-likeness (QED) is 0.745. The van der Waals surface area contributed by atoms with Crippen molar-refractivity contribution in [2.75, 3.05) is 39.8 Å². The first kappa shape index (κ1) is 19.7. The Morgan fingerprint density at radius 3 is 2.33 bits per heavy atom. The molecule has 0 aromatic rings. The first-order valence-corrected chi connectivity index (χ1v) is 10.1. The van der Waals surface area contributed by atoms with Gasteiger partial charge in [0.2, 0.25) is 5.91 Å². The number of likely N-dealkylation sites (tertiary alicyclic amines) is 2.